The number of nitrogens with zero attached hydrogens (tertiary/aromatic N) is 4. The van der Waals surface area contributed by atoms with E-state index in [0.717, 1.165) is 63.2 Å². The van der Waals surface area contributed by atoms with Crippen LogP contribution in [0, 0.1) is 11.6 Å². The first-order chi connectivity index (χ1) is 16.8. The molecule has 0 N–H and O–H groups in total. The lowest BCUT2D eigenvalue weighted by molar-refractivity contribution is -0.132. The molecular weight excluding hydrogens is 486 g/mol. The van der Waals surface area contributed by atoms with Gasteiger partial charge in [-0.25, -0.2) is 13.6 Å². The second-order valence-electron chi connectivity index (χ2n) is 9.88. The molecule has 0 saturated carbocycles. The molecule has 0 aromatic heterocycles. The number of imide groups is 1. The smallest absolute Gasteiger partial charge is 0.327 e. The molecule has 2 fully saturated rings. The molecule has 6 nitrogen and oxygen atoms in total. The van der Waals surface area contributed by atoms with Gasteiger partial charge >= 0.3 is 6.03 Å². The van der Waals surface area contributed by atoms with Crippen LogP contribution in [0.25, 0.3) is 0 Å². The van der Waals surface area contributed by atoms with Crippen LogP contribution in [-0.4, -0.2) is 71.4 Å². The van der Waals surface area contributed by atoms with Crippen LogP contribution in [0.4, 0.5) is 19.3 Å². The van der Waals surface area contributed by atoms with Crippen molar-refractivity contribution in [2.75, 3.05) is 44.2 Å². The minimum atomic E-state index is -0.881. The van der Waals surface area contributed by atoms with Crippen molar-refractivity contribution in [3.63, 3.8) is 0 Å². The van der Waals surface area contributed by atoms with Crippen LogP contribution >= 0.6 is 12.4 Å². The number of piperazine rings is 1. The maximum Gasteiger partial charge on any atom is 0.327 e. The van der Waals surface area contributed by atoms with Crippen LogP contribution in [0.15, 0.2) is 48.5 Å². The standard InChI is InChI=1S/C27H34F2N4O2.ClH/c1-27(2)25(34)32(20-21-6-8-22(28)9-7-21)26(35)33(27)15-5-3-4-14-30-16-18-31(19-17-30)24-12-10-23(29)11-13-24;/h6-13H,3-5,14-20H2,1-2H3;1H. The first-order valence-corrected chi connectivity index (χ1v) is 12.4. The number of halogens is 3. The Morgan fingerprint density at radius 3 is 1.94 bits per heavy atom. The summed E-state index contributed by atoms with van der Waals surface area (Å²) >= 11 is 0. The fraction of sp³-hybridized carbons (Fsp3) is 0.481. The predicted octanol–water partition coefficient (Wildman–Crippen LogP) is 4.92. The number of carbonyl (C=O) groups excluding carboxylic acids is 2. The Balaban J connectivity index is 0.00000361. The number of hydrogen-bond acceptors (Lipinski definition) is 4. The van der Waals surface area contributed by atoms with Gasteiger partial charge in [0.1, 0.15) is 17.2 Å². The molecule has 3 amide bonds. The third kappa shape index (κ3) is 6.34. The van der Waals surface area contributed by atoms with Crippen LogP contribution in [0.2, 0.25) is 0 Å². The predicted molar refractivity (Wildman–Crippen MR) is 139 cm³/mol. The lowest BCUT2D eigenvalue weighted by atomic mass is 10.0. The third-order valence-electron chi connectivity index (χ3n) is 7.08. The van der Waals surface area contributed by atoms with Crippen molar-refractivity contribution in [1.29, 1.82) is 0 Å². The van der Waals surface area contributed by atoms with E-state index in [1.807, 2.05) is 12.1 Å². The quantitative estimate of drug-likeness (QED) is 0.348. The second-order valence-corrected chi connectivity index (χ2v) is 9.88. The maximum absolute atomic E-state index is 13.2. The summed E-state index contributed by atoms with van der Waals surface area (Å²) in [5, 5.41) is 0. The van der Waals surface area contributed by atoms with Crippen LogP contribution in [-0.2, 0) is 11.3 Å². The third-order valence-corrected chi connectivity index (χ3v) is 7.08. The summed E-state index contributed by atoms with van der Waals surface area (Å²) in [7, 11) is 0. The Labute approximate surface area is 218 Å². The number of urea groups is 1. The van der Waals surface area contributed by atoms with Crippen LogP contribution in [0.1, 0.15) is 38.7 Å². The monoisotopic (exact) mass is 520 g/mol. The molecular formula is C27H35ClF2N4O2. The van der Waals surface area contributed by atoms with Crippen molar-refractivity contribution >= 4 is 30.0 Å². The van der Waals surface area contributed by atoms with Crippen LogP contribution in [0.3, 0.4) is 0 Å². The van der Waals surface area contributed by atoms with E-state index in [1.165, 1.54) is 29.2 Å². The van der Waals surface area contributed by atoms with Gasteiger partial charge in [-0.15, -0.1) is 12.4 Å². The van der Waals surface area contributed by atoms with Gasteiger partial charge in [-0.3, -0.25) is 14.6 Å². The van der Waals surface area contributed by atoms with Gasteiger partial charge in [0.2, 0.25) is 0 Å². The molecule has 196 valence electrons. The van der Waals surface area contributed by atoms with Gasteiger partial charge in [-0.05, 0) is 75.2 Å². The van der Waals surface area contributed by atoms with Gasteiger partial charge in [-0.2, -0.15) is 0 Å². The molecule has 4 rings (SSSR count). The maximum atomic E-state index is 13.2. The first-order valence-electron chi connectivity index (χ1n) is 12.4. The fourth-order valence-electron chi connectivity index (χ4n) is 4.87. The molecule has 2 saturated heterocycles. The van der Waals surface area contributed by atoms with E-state index in [-0.39, 0.29) is 42.5 Å². The lowest BCUT2D eigenvalue weighted by Gasteiger charge is -2.36. The molecule has 0 aliphatic carbocycles. The Bertz CT molecular complexity index is 1030. The van der Waals surface area contributed by atoms with Crippen molar-refractivity contribution in [1.82, 2.24) is 14.7 Å². The summed E-state index contributed by atoms with van der Waals surface area (Å²) in [5.41, 5.74) is 0.908. The zero-order chi connectivity index (χ0) is 25.0. The molecule has 0 atom stereocenters. The van der Waals surface area contributed by atoms with Crippen molar-refractivity contribution in [3.05, 3.63) is 65.7 Å². The van der Waals surface area contributed by atoms with Crippen molar-refractivity contribution in [3.8, 4) is 0 Å². The second kappa shape index (κ2) is 12.0. The first kappa shape index (κ1) is 27.9. The van der Waals surface area contributed by atoms with E-state index in [4.69, 9.17) is 0 Å². The number of hydrogen-bond donors (Lipinski definition) is 0. The Morgan fingerprint density at radius 1 is 0.778 bits per heavy atom. The van der Waals surface area contributed by atoms with Crippen LogP contribution < -0.4 is 4.90 Å². The molecule has 0 spiro atoms. The van der Waals surface area contributed by atoms with Crippen molar-refractivity contribution in [2.24, 2.45) is 0 Å². The molecule has 9 heteroatoms. The highest BCUT2D eigenvalue weighted by Gasteiger charge is 2.50. The topological polar surface area (TPSA) is 47.1 Å². The van der Waals surface area contributed by atoms with Crippen LogP contribution in [0.5, 0.6) is 0 Å². The zero-order valence-corrected chi connectivity index (χ0v) is 21.8. The molecule has 0 bridgehead atoms. The zero-order valence-electron chi connectivity index (χ0n) is 21.0. The van der Waals surface area contributed by atoms with Gasteiger partial charge in [0.05, 0.1) is 6.54 Å². The Hall–Kier alpha value is -2.71. The number of carbonyl (C=O) groups is 2. The molecule has 0 radical (unpaired) electrons. The Morgan fingerprint density at radius 2 is 1.33 bits per heavy atom. The minimum Gasteiger partial charge on any atom is -0.369 e. The van der Waals surface area contributed by atoms with E-state index in [0.29, 0.717) is 6.54 Å². The van der Waals surface area contributed by atoms with Gasteiger partial charge in [-0.1, -0.05) is 18.6 Å². The fourth-order valence-corrected chi connectivity index (χ4v) is 4.87. The average molecular weight is 521 g/mol. The van der Waals surface area contributed by atoms with E-state index in [9.17, 15) is 18.4 Å². The van der Waals surface area contributed by atoms with Gasteiger partial charge in [0.25, 0.3) is 5.91 Å². The number of amides is 3. The van der Waals surface area contributed by atoms with Crippen molar-refractivity contribution in [2.45, 2.75) is 45.2 Å². The lowest BCUT2D eigenvalue weighted by Crippen LogP contribution is -2.46. The largest absolute Gasteiger partial charge is 0.369 e. The summed E-state index contributed by atoms with van der Waals surface area (Å²) in [6.07, 6.45) is 2.85. The highest BCUT2D eigenvalue weighted by atomic mass is 35.5. The summed E-state index contributed by atoms with van der Waals surface area (Å²) in [4.78, 5) is 33.6. The Kier molecular flexibility index (Phi) is 9.30. The van der Waals surface area contributed by atoms with E-state index in [2.05, 4.69) is 9.80 Å². The van der Waals surface area contributed by atoms with E-state index in [1.54, 1.807) is 30.9 Å². The van der Waals surface area contributed by atoms with Gasteiger partial charge < -0.3 is 9.80 Å². The highest BCUT2D eigenvalue weighted by Crippen LogP contribution is 2.29. The van der Waals surface area contributed by atoms with Gasteiger partial charge in [0.15, 0.2) is 0 Å². The summed E-state index contributed by atoms with van der Waals surface area (Å²) in [5.74, 6) is -0.772. The number of unbranched alkanes of at least 4 members (excludes halogenated alkanes) is 2. The van der Waals surface area contributed by atoms with E-state index < -0.39 is 5.54 Å². The van der Waals surface area contributed by atoms with Crippen molar-refractivity contribution < 1.29 is 18.4 Å². The number of rotatable bonds is 9. The number of anilines is 1. The highest BCUT2D eigenvalue weighted by molar-refractivity contribution is 6.06. The molecule has 2 aliphatic rings. The molecule has 2 aromatic carbocycles. The van der Waals surface area contributed by atoms with Gasteiger partial charge in [0, 0.05) is 38.4 Å². The average Bonchev–Trinajstić information content (AvgIpc) is 3.00. The summed E-state index contributed by atoms with van der Waals surface area (Å²) < 4.78 is 26.3. The summed E-state index contributed by atoms with van der Waals surface area (Å²) in [6, 6.07) is 12.3. The minimum absolute atomic E-state index is 0. The SMILES string of the molecule is CC1(C)C(=O)N(Cc2ccc(F)cc2)C(=O)N1CCCCCN1CCN(c2ccc(F)cc2)CC1.Cl. The molecule has 36 heavy (non-hydrogen) atoms. The summed E-state index contributed by atoms with van der Waals surface area (Å²) in [6.45, 7) is 9.07. The molecule has 2 heterocycles. The van der Waals surface area contributed by atoms with E-state index >= 15 is 0 Å². The number of benzene rings is 2. The molecule has 0 unspecified atom stereocenters. The molecule has 2 aromatic rings. The molecule has 2 aliphatic heterocycles. The normalized spacial score (nSPS) is 18.1.